The van der Waals surface area contributed by atoms with Gasteiger partial charge < -0.3 is 4.74 Å². The number of carbonyl (C=O) groups excluding carboxylic acids is 1. The first-order valence-corrected chi connectivity index (χ1v) is 7.23. The molecular weight excluding hydrogens is 298 g/mol. The maximum absolute atomic E-state index is 11.6. The van der Waals surface area contributed by atoms with Crippen LogP contribution in [0.4, 0.5) is 0 Å². The van der Waals surface area contributed by atoms with Crippen LogP contribution in [0, 0.1) is 5.41 Å². The molecule has 0 spiro atoms. The average Bonchev–Trinajstić information content (AvgIpc) is 2.47. The Morgan fingerprint density at radius 2 is 2.05 bits per heavy atom. The van der Waals surface area contributed by atoms with E-state index in [-0.39, 0.29) is 11.1 Å². The van der Waals surface area contributed by atoms with Crippen LogP contribution in [-0.4, -0.2) is 28.9 Å². The van der Waals surface area contributed by atoms with Gasteiger partial charge in [-0.2, -0.15) is 0 Å². The Kier molecular flexibility index (Phi) is 4.46. The van der Waals surface area contributed by atoms with Gasteiger partial charge in [-0.15, -0.1) is 0 Å². The SMILES string of the molecule is COC(=O)c1cnc(SC)n(-c2ccc(Cl)cc2)c1=N. The van der Waals surface area contributed by atoms with Gasteiger partial charge >= 0.3 is 5.97 Å². The zero-order chi connectivity index (χ0) is 14.7. The molecule has 2 aromatic rings. The Balaban J connectivity index is 2.69. The maximum Gasteiger partial charge on any atom is 0.343 e. The minimum atomic E-state index is -0.585. The number of hydrogen-bond acceptors (Lipinski definition) is 5. The molecule has 0 amide bonds. The predicted octanol–water partition coefficient (Wildman–Crippen LogP) is 2.51. The van der Waals surface area contributed by atoms with Crippen LogP contribution >= 0.6 is 23.4 Å². The molecule has 0 unspecified atom stereocenters. The molecule has 0 fully saturated rings. The van der Waals surface area contributed by atoms with Crippen LogP contribution in [0.3, 0.4) is 0 Å². The van der Waals surface area contributed by atoms with Crippen LogP contribution in [0.15, 0.2) is 35.6 Å². The number of benzene rings is 1. The molecule has 0 aliphatic heterocycles. The van der Waals surface area contributed by atoms with E-state index in [2.05, 4.69) is 9.72 Å². The molecule has 0 saturated carbocycles. The van der Waals surface area contributed by atoms with Gasteiger partial charge in [0.15, 0.2) is 5.16 Å². The van der Waals surface area contributed by atoms with E-state index < -0.39 is 5.97 Å². The molecule has 7 heteroatoms. The van der Waals surface area contributed by atoms with Gasteiger partial charge in [-0.25, -0.2) is 9.78 Å². The number of hydrogen-bond donors (Lipinski definition) is 1. The molecule has 20 heavy (non-hydrogen) atoms. The molecule has 1 aromatic carbocycles. The maximum atomic E-state index is 11.6. The lowest BCUT2D eigenvalue weighted by Gasteiger charge is -2.13. The number of nitrogens with zero attached hydrogens (tertiary/aromatic N) is 2. The lowest BCUT2D eigenvalue weighted by molar-refractivity contribution is 0.0596. The molecule has 1 N–H and O–H groups in total. The summed E-state index contributed by atoms with van der Waals surface area (Å²) in [5.74, 6) is -0.585. The summed E-state index contributed by atoms with van der Waals surface area (Å²) < 4.78 is 6.24. The third-order valence-corrected chi connectivity index (χ3v) is 3.55. The highest BCUT2D eigenvalue weighted by Gasteiger charge is 2.15. The largest absolute Gasteiger partial charge is 0.465 e. The molecule has 1 aromatic heterocycles. The van der Waals surface area contributed by atoms with Crippen LogP contribution in [-0.2, 0) is 4.74 Å². The van der Waals surface area contributed by atoms with Crippen molar-refractivity contribution in [3.63, 3.8) is 0 Å². The Hall–Kier alpha value is -1.79. The number of carbonyl (C=O) groups is 1. The van der Waals surface area contributed by atoms with Crippen LogP contribution in [0.1, 0.15) is 10.4 Å². The fourth-order valence-electron chi connectivity index (χ4n) is 1.69. The van der Waals surface area contributed by atoms with E-state index in [0.717, 1.165) is 0 Å². The first-order chi connectivity index (χ1) is 9.58. The third kappa shape index (κ3) is 2.71. The van der Waals surface area contributed by atoms with Gasteiger partial charge in [0.1, 0.15) is 11.1 Å². The number of esters is 1. The van der Waals surface area contributed by atoms with Crippen molar-refractivity contribution in [2.45, 2.75) is 5.16 Å². The lowest BCUT2D eigenvalue weighted by atomic mass is 10.3. The molecule has 5 nitrogen and oxygen atoms in total. The lowest BCUT2D eigenvalue weighted by Crippen LogP contribution is -2.28. The standard InChI is InChI=1S/C13H12ClN3O2S/c1-19-12(18)10-7-16-13(20-2)17(11(10)15)9-5-3-8(14)4-6-9/h3-7,15H,1-2H3. The van der Waals surface area contributed by atoms with Crippen molar-refractivity contribution in [2.75, 3.05) is 13.4 Å². The van der Waals surface area contributed by atoms with Crippen molar-refractivity contribution < 1.29 is 9.53 Å². The highest BCUT2D eigenvalue weighted by atomic mass is 35.5. The van der Waals surface area contributed by atoms with Gasteiger partial charge in [-0.1, -0.05) is 23.4 Å². The average molecular weight is 310 g/mol. The van der Waals surface area contributed by atoms with E-state index in [1.165, 1.54) is 25.1 Å². The third-order valence-electron chi connectivity index (χ3n) is 2.65. The van der Waals surface area contributed by atoms with Crippen LogP contribution in [0.25, 0.3) is 5.69 Å². The highest BCUT2D eigenvalue weighted by Crippen LogP contribution is 2.18. The number of nitrogens with one attached hydrogen (secondary N) is 1. The molecule has 0 radical (unpaired) electrons. The smallest absolute Gasteiger partial charge is 0.343 e. The molecule has 0 aliphatic rings. The number of aromatic nitrogens is 2. The second kappa shape index (κ2) is 6.11. The van der Waals surface area contributed by atoms with Crippen molar-refractivity contribution in [3.05, 3.63) is 46.5 Å². The first kappa shape index (κ1) is 14.6. The van der Waals surface area contributed by atoms with Crippen molar-refractivity contribution in [2.24, 2.45) is 0 Å². The molecular formula is C13H12ClN3O2S. The zero-order valence-corrected chi connectivity index (χ0v) is 12.5. The summed E-state index contributed by atoms with van der Waals surface area (Å²) in [6.45, 7) is 0. The second-order valence-electron chi connectivity index (χ2n) is 3.81. The highest BCUT2D eigenvalue weighted by molar-refractivity contribution is 7.98. The summed E-state index contributed by atoms with van der Waals surface area (Å²) in [6, 6.07) is 6.97. The summed E-state index contributed by atoms with van der Waals surface area (Å²) in [5, 5.41) is 9.39. The van der Waals surface area contributed by atoms with Crippen molar-refractivity contribution in [1.29, 1.82) is 5.41 Å². The van der Waals surface area contributed by atoms with Crippen LogP contribution in [0.5, 0.6) is 0 Å². The zero-order valence-electron chi connectivity index (χ0n) is 10.9. The van der Waals surface area contributed by atoms with Crippen LogP contribution < -0.4 is 5.49 Å². The van der Waals surface area contributed by atoms with E-state index in [4.69, 9.17) is 17.0 Å². The number of methoxy groups -OCH3 is 1. The molecule has 0 saturated heterocycles. The van der Waals surface area contributed by atoms with Gasteiger partial charge in [0.2, 0.25) is 0 Å². The van der Waals surface area contributed by atoms with Crippen molar-refractivity contribution >= 4 is 29.3 Å². The first-order valence-electron chi connectivity index (χ1n) is 5.63. The Labute approximate surface area is 125 Å². The van der Waals surface area contributed by atoms with Crippen LogP contribution in [0.2, 0.25) is 5.02 Å². The van der Waals surface area contributed by atoms with E-state index in [9.17, 15) is 4.79 Å². The molecule has 0 atom stereocenters. The van der Waals surface area contributed by atoms with E-state index in [1.807, 2.05) is 6.26 Å². The van der Waals surface area contributed by atoms with Gasteiger partial charge in [0, 0.05) is 16.9 Å². The Morgan fingerprint density at radius 3 is 2.60 bits per heavy atom. The number of halogens is 1. The van der Waals surface area contributed by atoms with Gasteiger partial charge in [0.05, 0.1) is 7.11 Å². The van der Waals surface area contributed by atoms with Gasteiger partial charge in [0.25, 0.3) is 0 Å². The topological polar surface area (TPSA) is 68.0 Å². The summed E-state index contributed by atoms with van der Waals surface area (Å²) >= 11 is 7.25. The Bertz CT molecular complexity index is 698. The quantitative estimate of drug-likeness (QED) is 0.537. The molecule has 0 bridgehead atoms. The number of rotatable bonds is 3. The fourth-order valence-corrected chi connectivity index (χ4v) is 2.35. The fraction of sp³-hybridized carbons (Fsp3) is 0.154. The minimum absolute atomic E-state index is 0.0264. The number of thioether (sulfide) groups is 1. The van der Waals surface area contributed by atoms with Gasteiger partial charge in [-0.05, 0) is 30.5 Å². The molecule has 2 rings (SSSR count). The van der Waals surface area contributed by atoms with Crippen molar-refractivity contribution in [1.82, 2.24) is 9.55 Å². The minimum Gasteiger partial charge on any atom is -0.465 e. The normalized spacial score (nSPS) is 10.3. The van der Waals surface area contributed by atoms with E-state index >= 15 is 0 Å². The molecule has 1 heterocycles. The predicted molar refractivity (Wildman–Crippen MR) is 77.5 cm³/mol. The summed E-state index contributed by atoms with van der Waals surface area (Å²) in [7, 11) is 1.27. The van der Waals surface area contributed by atoms with E-state index in [0.29, 0.717) is 15.9 Å². The molecule has 0 aliphatic carbocycles. The molecule has 104 valence electrons. The van der Waals surface area contributed by atoms with Gasteiger partial charge in [-0.3, -0.25) is 9.98 Å². The summed E-state index contributed by atoms with van der Waals surface area (Å²) in [4.78, 5) is 15.8. The Morgan fingerprint density at radius 1 is 1.40 bits per heavy atom. The summed E-state index contributed by atoms with van der Waals surface area (Å²) in [6.07, 6.45) is 3.21. The summed E-state index contributed by atoms with van der Waals surface area (Å²) in [5.41, 5.74) is 0.848. The second-order valence-corrected chi connectivity index (χ2v) is 5.02. The van der Waals surface area contributed by atoms with E-state index in [1.54, 1.807) is 28.8 Å². The monoisotopic (exact) mass is 309 g/mol. The van der Waals surface area contributed by atoms with Crippen molar-refractivity contribution in [3.8, 4) is 5.69 Å². The number of ether oxygens (including phenoxy) is 1.